The molecule has 0 bridgehead atoms. The standard InChI is InChI=1S/C22H28N4O3S/c1-18-8-6-7-11-21(18)26(30(2,28)29)17-22(27)24-23-20-12-14-25(15-13-20)16-19-9-4-3-5-10-19/h3-11H,12-17H2,1-2H3,(H,24,27). The Morgan fingerprint density at radius 1 is 1.07 bits per heavy atom. The van der Waals surface area contributed by atoms with Crippen LogP contribution in [0.15, 0.2) is 59.7 Å². The number of sulfonamides is 1. The number of para-hydroxylation sites is 1. The Morgan fingerprint density at radius 2 is 1.70 bits per heavy atom. The van der Waals surface area contributed by atoms with E-state index in [9.17, 15) is 13.2 Å². The number of amides is 1. The predicted molar refractivity (Wildman–Crippen MR) is 120 cm³/mol. The SMILES string of the molecule is Cc1ccccc1N(CC(=O)NN=C1CCN(Cc2ccccc2)CC1)S(C)(=O)=O. The Labute approximate surface area is 178 Å². The lowest BCUT2D eigenvalue weighted by Crippen LogP contribution is -2.40. The molecule has 2 aromatic rings. The van der Waals surface area contributed by atoms with Gasteiger partial charge in [0.05, 0.1) is 11.9 Å². The Balaban J connectivity index is 1.54. The van der Waals surface area contributed by atoms with Gasteiger partial charge in [0.1, 0.15) is 6.54 Å². The number of carbonyl (C=O) groups is 1. The highest BCUT2D eigenvalue weighted by Gasteiger charge is 2.22. The molecule has 30 heavy (non-hydrogen) atoms. The van der Waals surface area contributed by atoms with Crippen LogP contribution < -0.4 is 9.73 Å². The molecule has 0 aliphatic carbocycles. The lowest BCUT2D eigenvalue weighted by Gasteiger charge is -2.27. The molecule has 8 heteroatoms. The van der Waals surface area contributed by atoms with E-state index >= 15 is 0 Å². The maximum Gasteiger partial charge on any atom is 0.260 e. The van der Waals surface area contributed by atoms with Gasteiger partial charge in [0, 0.05) is 38.2 Å². The summed E-state index contributed by atoms with van der Waals surface area (Å²) in [4.78, 5) is 14.8. The average Bonchev–Trinajstić information content (AvgIpc) is 2.72. The fraction of sp³-hybridized carbons (Fsp3) is 0.364. The number of likely N-dealkylation sites (tertiary alicyclic amines) is 1. The van der Waals surface area contributed by atoms with Gasteiger partial charge in [-0.25, -0.2) is 13.8 Å². The van der Waals surface area contributed by atoms with Crippen LogP contribution in [0, 0.1) is 6.92 Å². The number of nitrogens with zero attached hydrogens (tertiary/aromatic N) is 3. The van der Waals surface area contributed by atoms with Gasteiger partial charge < -0.3 is 0 Å². The van der Waals surface area contributed by atoms with E-state index in [2.05, 4.69) is 27.6 Å². The summed E-state index contributed by atoms with van der Waals surface area (Å²) in [6.45, 7) is 4.17. The molecule has 160 valence electrons. The van der Waals surface area contributed by atoms with Crippen LogP contribution in [-0.2, 0) is 21.4 Å². The van der Waals surface area contributed by atoms with Crippen molar-refractivity contribution >= 4 is 27.3 Å². The van der Waals surface area contributed by atoms with Gasteiger partial charge in [-0.05, 0) is 24.1 Å². The number of hydrogen-bond acceptors (Lipinski definition) is 5. The first-order valence-electron chi connectivity index (χ1n) is 9.97. The average molecular weight is 429 g/mol. The number of aryl methyl sites for hydroxylation is 1. The summed E-state index contributed by atoms with van der Waals surface area (Å²) in [6.07, 6.45) is 2.66. The van der Waals surface area contributed by atoms with E-state index in [0.29, 0.717) is 5.69 Å². The van der Waals surface area contributed by atoms with Gasteiger partial charge in [0.25, 0.3) is 5.91 Å². The molecule has 1 fully saturated rings. The molecule has 2 aromatic carbocycles. The number of hydrogen-bond donors (Lipinski definition) is 1. The minimum Gasteiger partial charge on any atom is -0.298 e. The molecule has 0 radical (unpaired) electrons. The van der Waals surface area contributed by atoms with Crippen LogP contribution in [0.3, 0.4) is 0 Å². The fourth-order valence-electron chi connectivity index (χ4n) is 3.45. The predicted octanol–water partition coefficient (Wildman–Crippen LogP) is 2.53. The Kier molecular flexibility index (Phi) is 7.23. The van der Waals surface area contributed by atoms with E-state index in [4.69, 9.17) is 0 Å². The number of benzene rings is 2. The zero-order valence-electron chi connectivity index (χ0n) is 17.4. The highest BCUT2D eigenvalue weighted by molar-refractivity contribution is 7.92. The Morgan fingerprint density at radius 3 is 2.33 bits per heavy atom. The quantitative estimate of drug-likeness (QED) is 0.687. The van der Waals surface area contributed by atoms with Gasteiger partial charge in [-0.1, -0.05) is 48.5 Å². The first-order chi connectivity index (χ1) is 14.3. The second-order valence-corrected chi connectivity index (χ2v) is 9.44. The molecule has 0 atom stereocenters. The number of anilines is 1. The van der Waals surface area contributed by atoms with Crippen LogP contribution in [0.5, 0.6) is 0 Å². The van der Waals surface area contributed by atoms with Crippen LogP contribution >= 0.6 is 0 Å². The maximum absolute atomic E-state index is 12.4. The summed E-state index contributed by atoms with van der Waals surface area (Å²) < 4.78 is 25.5. The summed E-state index contributed by atoms with van der Waals surface area (Å²) in [7, 11) is -3.60. The third-order valence-electron chi connectivity index (χ3n) is 5.09. The first kappa shape index (κ1) is 22.0. The van der Waals surface area contributed by atoms with E-state index < -0.39 is 15.9 Å². The maximum atomic E-state index is 12.4. The van der Waals surface area contributed by atoms with E-state index in [1.165, 1.54) is 5.56 Å². The minimum absolute atomic E-state index is 0.305. The highest BCUT2D eigenvalue weighted by Crippen LogP contribution is 2.21. The summed E-state index contributed by atoms with van der Waals surface area (Å²) in [5.74, 6) is -0.456. The Hall–Kier alpha value is -2.71. The van der Waals surface area contributed by atoms with Crippen molar-refractivity contribution in [1.82, 2.24) is 10.3 Å². The number of hydrazone groups is 1. The second kappa shape index (κ2) is 9.86. The van der Waals surface area contributed by atoms with Gasteiger partial charge in [0.2, 0.25) is 10.0 Å². The van der Waals surface area contributed by atoms with Gasteiger partial charge >= 0.3 is 0 Å². The molecule has 7 nitrogen and oxygen atoms in total. The number of carbonyl (C=O) groups excluding carboxylic acids is 1. The molecular weight excluding hydrogens is 400 g/mol. The molecular formula is C22H28N4O3S. The minimum atomic E-state index is -3.60. The van der Waals surface area contributed by atoms with Crippen LogP contribution in [-0.4, -0.2) is 50.8 Å². The van der Waals surface area contributed by atoms with Crippen LogP contribution in [0.2, 0.25) is 0 Å². The zero-order valence-corrected chi connectivity index (χ0v) is 18.2. The molecule has 0 saturated carbocycles. The van der Waals surface area contributed by atoms with Crippen LogP contribution in [0.4, 0.5) is 5.69 Å². The van der Waals surface area contributed by atoms with Gasteiger partial charge in [0.15, 0.2) is 0 Å². The van der Waals surface area contributed by atoms with Crippen molar-refractivity contribution in [3.63, 3.8) is 0 Å². The second-order valence-electron chi connectivity index (χ2n) is 7.53. The van der Waals surface area contributed by atoms with Crippen LogP contribution in [0.1, 0.15) is 24.0 Å². The molecule has 0 unspecified atom stereocenters. The van der Waals surface area contributed by atoms with Gasteiger partial charge in [-0.3, -0.25) is 14.0 Å². The third kappa shape index (κ3) is 6.14. The molecule has 0 spiro atoms. The summed E-state index contributed by atoms with van der Waals surface area (Å²) >= 11 is 0. The van der Waals surface area contributed by atoms with Crippen molar-refractivity contribution < 1.29 is 13.2 Å². The number of piperidine rings is 1. The van der Waals surface area contributed by atoms with Crippen molar-refractivity contribution in [2.45, 2.75) is 26.3 Å². The summed E-state index contributed by atoms with van der Waals surface area (Å²) in [6, 6.07) is 17.4. The smallest absolute Gasteiger partial charge is 0.260 e. The fourth-order valence-corrected chi connectivity index (χ4v) is 4.37. The van der Waals surface area contributed by atoms with E-state index in [1.807, 2.05) is 37.3 Å². The number of nitrogens with one attached hydrogen (secondary N) is 1. The summed E-state index contributed by atoms with van der Waals surface area (Å²) in [5, 5.41) is 4.24. The lowest BCUT2D eigenvalue weighted by atomic mass is 10.1. The van der Waals surface area contributed by atoms with Crippen molar-refractivity contribution in [3.05, 3.63) is 65.7 Å². The number of rotatable bonds is 7. The molecule has 1 saturated heterocycles. The molecule has 1 amide bonds. The molecule has 3 rings (SSSR count). The van der Waals surface area contributed by atoms with Crippen molar-refractivity contribution in [2.24, 2.45) is 5.10 Å². The zero-order chi connectivity index (χ0) is 21.6. The van der Waals surface area contributed by atoms with Crippen LogP contribution in [0.25, 0.3) is 0 Å². The molecule has 1 aliphatic heterocycles. The van der Waals surface area contributed by atoms with E-state index in [0.717, 1.165) is 54.3 Å². The highest BCUT2D eigenvalue weighted by atomic mass is 32.2. The van der Waals surface area contributed by atoms with Crippen molar-refractivity contribution in [1.29, 1.82) is 0 Å². The lowest BCUT2D eigenvalue weighted by molar-refractivity contribution is -0.119. The van der Waals surface area contributed by atoms with Gasteiger partial charge in [-0.15, -0.1) is 0 Å². The summed E-state index contributed by atoms with van der Waals surface area (Å²) in [5.41, 5.74) is 6.02. The topological polar surface area (TPSA) is 82.1 Å². The largest absolute Gasteiger partial charge is 0.298 e. The monoisotopic (exact) mass is 428 g/mol. The molecule has 0 aromatic heterocycles. The van der Waals surface area contributed by atoms with Crippen molar-refractivity contribution in [3.8, 4) is 0 Å². The first-order valence-corrected chi connectivity index (χ1v) is 11.8. The molecule has 1 heterocycles. The molecule has 1 aliphatic rings. The normalized spacial score (nSPS) is 14.9. The molecule has 1 N–H and O–H groups in total. The van der Waals surface area contributed by atoms with E-state index in [-0.39, 0.29) is 6.54 Å². The Bertz CT molecular complexity index is 996. The van der Waals surface area contributed by atoms with Gasteiger partial charge in [-0.2, -0.15) is 5.10 Å². The van der Waals surface area contributed by atoms with E-state index in [1.54, 1.807) is 12.1 Å². The third-order valence-corrected chi connectivity index (χ3v) is 6.22. The van der Waals surface area contributed by atoms with Crippen molar-refractivity contribution in [2.75, 3.05) is 30.2 Å².